The highest BCUT2D eigenvalue weighted by molar-refractivity contribution is 9.10. The Labute approximate surface area is 94.8 Å². The van der Waals surface area contributed by atoms with Crippen molar-refractivity contribution < 1.29 is 8.42 Å². The number of hydrogen-bond acceptors (Lipinski definition) is 2. The summed E-state index contributed by atoms with van der Waals surface area (Å²) in [4.78, 5) is 0. The van der Waals surface area contributed by atoms with Gasteiger partial charge in [-0.1, -0.05) is 29.8 Å². The van der Waals surface area contributed by atoms with Gasteiger partial charge < -0.3 is 0 Å². The van der Waals surface area contributed by atoms with E-state index in [0.29, 0.717) is 5.41 Å². The summed E-state index contributed by atoms with van der Waals surface area (Å²) in [6.45, 7) is 4.48. The molecule has 0 radical (unpaired) electrons. The first kappa shape index (κ1) is 12.5. The van der Waals surface area contributed by atoms with Gasteiger partial charge in [-0.15, -0.1) is 0 Å². The lowest BCUT2D eigenvalue weighted by molar-refractivity contribution is 0.218. The molecule has 0 heterocycles. The van der Waals surface area contributed by atoms with Gasteiger partial charge in [-0.25, -0.2) is 13.1 Å². The summed E-state index contributed by atoms with van der Waals surface area (Å²) in [5, 5.41) is 0. The van der Waals surface area contributed by atoms with Gasteiger partial charge in [-0.3, -0.25) is 0 Å². The first-order valence-corrected chi connectivity index (χ1v) is 7.68. The Kier molecular flexibility index (Phi) is 4.00. The molecule has 0 atom stereocenters. The van der Waals surface area contributed by atoms with Crippen LogP contribution in [-0.2, 0) is 10.0 Å². The lowest BCUT2D eigenvalue weighted by Gasteiger charge is -2.34. The molecule has 0 aliphatic heterocycles. The van der Waals surface area contributed by atoms with Crippen LogP contribution in [0, 0.1) is 5.41 Å². The van der Waals surface area contributed by atoms with Gasteiger partial charge in [0.25, 0.3) is 0 Å². The number of halogens is 1. The molecule has 1 aliphatic rings. The standard InChI is InChI=1S/C9H18BrNO2S/c1-9(2)5-3-8(4-6-9)11-14(12,13)7-10/h8,11H,3-7H2,1-2H3. The van der Waals surface area contributed by atoms with Gasteiger partial charge in [0, 0.05) is 6.04 Å². The molecule has 0 spiro atoms. The summed E-state index contributed by atoms with van der Waals surface area (Å²) < 4.78 is 25.2. The number of alkyl halides is 1. The predicted octanol–water partition coefficient (Wildman–Crippen LogP) is 2.23. The van der Waals surface area contributed by atoms with E-state index in [1.165, 1.54) is 0 Å². The van der Waals surface area contributed by atoms with Crippen molar-refractivity contribution in [3.05, 3.63) is 0 Å². The van der Waals surface area contributed by atoms with Gasteiger partial charge in [0.1, 0.15) is 4.66 Å². The van der Waals surface area contributed by atoms with E-state index in [9.17, 15) is 8.42 Å². The van der Waals surface area contributed by atoms with Gasteiger partial charge in [0.2, 0.25) is 10.0 Å². The Morgan fingerprint density at radius 1 is 1.36 bits per heavy atom. The second kappa shape index (κ2) is 4.49. The lowest BCUT2D eigenvalue weighted by Crippen LogP contribution is -2.39. The van der Waals surface area contributed by atoms with Gasteiger partial charge in [-0.05, 0) is 31.1 Å². The molecule has 1 aliphatic carbocycles. The topological polar surface area (TPSA) is 46.2 Å². The first-order valence-electron chi connectivity index (χ1n) is 4.91. The van der Waals surface area contributed by atoms with Crippen molar-refractivity contribution in [3.63, 3.8) is 0 Å². The van der Waals surface area contributed by atoms with Crippen LogP contribution in [0.3, 0.4) is 0 Å². The minimum atomic E-state index is -3.09. The molecule has 0 unspecified atom stereocenters. The molecule has 3 nitrogen and oxygen atoms in total. The zero-order valence-electron chi connectivity index (χ0n) is 8.72. The van der Waals surface area contributed by atoms with E-state index in [1.54, 1.807) is 0 Å². The van der Waals surface area contributed by atoms with Crippen LogP contribution in [-0.4, -0.2) is 19.1 Å². The highest BCUT2D eigenvalue weighted by Gasteiger charge is 2.28. The SMILES string of the molecule is CC1(C)CCC(NS(=O)(=O)CBr)CC1. The summed E-state index contributed by atoms with van der Waals surface area (Å²) in [7, 11) is -3.09. The van der Waals surface area contributed by atoms with E-state index < -0.39 is 10.0 Å². The van der Waals surface area contributed by atoms with Gasteiger partial charge in [0.15, 0.2) is 0 Å². The van der Waals surface area contributed by atoms with Crippen molar-refractivity contribution in [2.24, 2.45) is 5.41 Å². The smallest absolute Gasteiger partial charge is 0.212 e. The Balaban J connectivity index is 2.44. The summed E-state index contributed by atoms with van der Waals surface area (Å²) in [6, 6.07) is 0.144. The highest BCUT2D eigenvalue weighted by Crippen LogP contribution is 2.35. The molecular formula is C9H18BrNO2S. The van der Waals surface area contributed by atoms with E-state index in [4.69, 9.17) is 0 Å². The van der Waals surface area contributed by atoms with Crippen molar-refractivity contribution in [1.29, 1.82) is 0 Å². The molecule has 0 amide bonds. The molecule has 5 heteroatoms. The summed E-state index contributed by atoms with van der Waals surface area (Å²) in [5.41, 5.74) is 0.385. The Bertz CT molecular complexity index is 277. The molecule has 0 aromatic heterocycles. The molecule has 0 bridgehead atoms. The van der Waals surface area contributed by atoms with Crippen LogP contribution in [0.15, 0.2) is 0 Å². The maximum absolute atomic E-state index is 11.3. The van der Waals surface area contributed by atoms with Crippen LogP contribution in [0.25, 0.3) is 0 Å². The molecule has 0 aromatic rings. The molecule has 0 saturated heterocycles. The Morgan fingerprint density at radius 2 is 1.86 bits per heavy atom. The molecule has 1 N–H and O–H groups in total. The average Bonchev–Trinajstić information content (AvgIpc) is 2.09. The van der Waals surface area contributed by atoms with Crippen LogP contribution in [0.4, 0.5) is 0 Å². The lowest BCUT2D eigenvalue weighted by atomic mass is 9.76. The van der Waals surface area contributed by atoms with Crippen molar-refractivity contribution in [2.45, 2.75) is 45.6 Å². The quantitative estimate of drug-likeness (QED) is 0.808. The number of rotatable bonds is 3. The molecule has 1 fully saturated rings. The van der Waals surface area contributed by atoms with E-state index in [1.807, 2.05) is 0 Å². The zero-order valence-corrected chi connectivity index (χ0v) is 11.1. The average molecular weight is 284 g/mol. The van der Waals surface area contributed by atoms with Crippen LogP contribution in [0.5, 0.6) is 0 Å². The molecule has 1 saturated carbocycles. The van der Waals surface area contributed by atoms with Crippen LogP contribution < -0.4 is 4.72 Å². The Morgan fingerprint density at radius 3 is 2.29 bits per heavy atom. The largest absolute Gasteiger partial charge is 0.221 e. The third-order valence-electron chi connectivity index (χ3n) is 2.83. The van der Waals surface area contributed by atoms with Gasteiger partial charge in [0.05, 0.1) is 0 Å². The number of sulfonamides is 1. The van der Waals surface area contributed by atoms with Crippen molar-refractivity contribution in [1.82, 2.24) is 4.72 Å². The Hall–Kier alpha value is 0.390. The molecule has 14 heavy (non-hydrogen) atoms. The summed E-state index contributed by atoms with van der Waals surface area (Å²) >= 11 is 2.97. The second-order valence-corrected chi connectivity index (χ2v) is 7.84. The van der Waals surface area contributed by atoms with Crippen molar-refractivity contribution in [3.8, 4) is 0 Å². The second-order valence-electron chi connectivity index (χ2n) is 4.78. The minimum absolute atomic E-state index is 0.000106. The molecule has 84 valence electrons. The van der Waals surface area contributed by atoms with Crippen molar-refractivity contribution in [2.75, 3.05) is 4.66 Å². The maximum Gasteiger partial charge on any atom is 0.221 e. The maximum atomic E-state index is 11.3. The summed E-state index contributed by atoms with van der Waals surface area (Å²) in [5.74, 6) is 0. The third-order valence-corrected chi connectivity index (χ3v) is 5.62. The van der Waals surface area contributed by atoms with E-state index in [2.05, 4.69) is 34.5 Å². The minimum Gasteiger partial charge on any atom is -0.212 e. The van der Waals surface area contributed by atoms with Crippen LogP contribution in [0.1, 0.15) is 39.5 Å². The number of nitrogens with one attached hydrogen (secondary N) is 1. The molecule has 1 rings (SSSR count). The van der Waals surface area contributed by atoms with Gasteiger partial charge >= 0.3 is 0 Å². The van der Waals surface area contributed by atoms with E-state index in [-0.39, 0.29) is 10.7 Å². The fourth-order valence-electron chi connectivity index (χ4n) is 1.80. The van der Waals surface area contributed by atoms with Crippen LogP contribution >= 0.6 is 15.9 Å². The molecular weight excluding hydrogens is 266 g/mol. The first-order chi connectivity index (χ1) is 6.35. The monoisotopic (exact) mass is 283 g/mol. The molecule has 0 aromatic carbocycles. The van der Waals surface area contributed by atoms with Crippen LogP contribution in [0.2, 0.25) is 0 Å². The van der Waals surface area contributed by atoms with Crippen molar-refractivity contribution >= 4 is 26.0 Å². The van der Waals surface area contributed by atoms with Gasteiger partial charge in [-0.2, -0.15) is 0 Å². The third kappa shape index (κ3) is 3.87. The predicted molar refractivity (Wildman–Crippen MR) is 61.9 cm³/mol. The fraction of sp³-hybridized carbons (Fsp3) is 1.00. The zero-order chi connectivity index (χ0) is 10.8. The van der Waals surface area contributed by atoms with E-state index >= 15 is 0 Å². The fourth-order valence-corrected chi connectivity index (χ4v) is 3.01. The highest BCUT2D eigenvalue weighted by atomic mass is 79.9. The number of hydrogen-bond donors (Lipinski definition) is 1. The van der Waals surface area contributed by atoms with E-state index in [0.717, 1.165) is 25.7 Å². The summed E-state index contributed by atoms with van der Waals surface area (Å²) in [6.07, 6.45) is 4.11. The normalized spacial score (nSPS) is 23.6.